The molecule has 0 amide bonds. The second-order valence-electron chi connectivity index (χ2n) is 5.16. The number of hydrogen-bond acceptors (Lipinski definition) is 1. The van der Waals surface area contributed by atoms with Crippen LogP contribution in [0.15, 0.2) is 36.4 Å². The first-order valence-corrected chi connectivity index (χ1v) is 5.79. The Bertz CT molecular complexity index is 535. The third-order valence-corrected chi connectivity index (χ3v) is 3.31. The van der Waals surface area contributed by atoms with Crippen molar-refractivity contribution in [1.82, 2.24) is 0 Å². The van der Waals surface area contributed by atoms with Gasteiger partial charge in [-0.25, -0.2) is 0 Å². The van der Waals surface area contributed by atoms with Crippen molar-refractivity contribution < 1.29 is 4.74 Å². The van der Waals surface area contributed by atoms with E-state index in [1.54, 1.807) is 0 Å². The van der Waals surface area contributed by atoms with Crippen LogP contribution in [0, 0.1) is 0 Å². The Morgan fingerprint density at radius 1 is 1.00 bits per heavy atom. The van der Waals surface area contributed by atoms with E-state index in [2.05, 4.69) is 50.2 Å². The molecule has 0 spiro atoms. The lowest BCUT2D eigenvalue weighted by molar-refractivity contribution is -0.0257. The van der Waals surface area contributed by atoms with E-state index in [0.29, 0.717) is 0 Å². The van der Waals surface area contributed by atoms with E-state index in [9.17, 15) is 0 Å². The van der Waals surface area contributed by atoms with Crippen LogP contribution in [0.4, 0.5) is 0 Å². The minimum absolute atomic E-state index is 0.0622. The van der Waals surface area contributed by atoms with Crippen molar-refractivity contribution in [2.24, 2.45) is 0 Å². The van der Waals surface area contributed by atoms with E-state index in [4.69, 9.17) is 4.74 Å². The monoisotopic (exact) mass is 212 g/mol. The molecule has 2 aromatic rings. The average Bonchev–Trinajstić information content (AvgIpc) is 2.38. The summed E-state index contributed by atoms with van der Waals surface area (Å²) < 4.78 is 5.96. The smallest absolute Gasteiger partial charge is 0.0730 e. The van der Waals surface area contributed by atoms with Crippen LogP contribution in [0.5, 0.6) is 0 Å². The summed E-state index contributed by atoms with van der Waals surface area (Å²) in [5, 5.41) is 2.73. The predicted octanol–water partition coefficient (Wildman–Crippen LogP) is 3.69. The second-order valence-corrected chi connectivity index (χ2v) is 5.16. The highest BCUT2D eigenvalue weighted by Gasteiger charge is 2.24. The van der Waals surface area contributed by atoms with E-state index in [1.165, 1.54) is 21.9 Å². The van der Waals surface area contributed by atoms with Crippen molar-refractivity contribution in [1.29, 1.82) is 0 Å². The third kappa shape index (κ3) is 1.52. The fourth-order valence-corrected chi connectivity index (χ4v) is 2.55. The van der Waals surface area contributed by atoms with Crippen molar-refractivity contribution in [3.05, 3.63) is 47.5 Å². The lowest BCUT2D eigenvalue weighted by Crippen LogP contribution is -2.25. The van der Waals surface area contributed by atoms with Gasteiger partial charge >= 0.3 is 0 Å². The first-order valence-electron chi connectivity index (χ1n) is 5.79. The van der Waals surface area contributed by atoms with Crippen LogP contribution in [-0.2, 0) is 17.8 Å². The van der Waals surface area contributed by atoms with Crippen molar-refractivity contribution in [3.8, 4) is 0 Å². The molecule has 0 unspecified atom stereocenters. The Kier molecular flexibility index (Phi) is 2.05. The summed E-state index contributed by atoms with van der Waals surface area (Å²) in [5.74, 6) is 0. The topological polar surface area (TPSA) is 9.23 Å². The van der Waals surface area contributed by atoms with Crippen LogP contribution in [-0.4, -0.2) is 5.60 Å². The first-order chi connectivity index (χ1) is 7.66. The Hall–Kier alpha value is -1.34. The summed E-state index contributed by atoms with van der Waals surface area (Å²) in [4.78, 5) is 0. The maximum absolute atomic E-state index is 5.96. The highest BCUT2D eigenvalue weighted by atomic mass is 16.5. The Morgan fingerprint density at radius 2 is 1.69 bits per heavy atom. The predicted molar refractivity (Wildman–Crippen MR) is 66.5 cm³/mol. The largest absolute Gasteiger partial charge is 0.371 e. The average molecular weight is 212 g/mol. The molecule has 2 aromatic carbocycles. The lowest BCUT2D eigenvalue weighted by Gasteiger charge is -2.23. The normalized spacial score (nSPS) is 18.4. The summed E-state index contributed by atoms with van der Waals surface area (Å²) in [6.07, 6.45) is 0.987. The van der Waals surface area contributed by atoms with Gasteiger partial charge in [0.2, 0.25) is 0 Å². The van der Waals surface area contributed by atoms with Gasteiger partial charge in [0, 0.05) is 6.42 Å². The Morgan fingerprint density at radius 3 is 2.44 bits per heavy atom. The Balaban J connectivity index is 2.31. The zero-order valence-electron chi connectivity index (χ0n) is 9.79. The minimum Gasteiger partial charge on any atom is -0.371 e. The summed E-state index contributed by atoms with van der Waals surface area (Å²) in [6.45, 7) is 5.05. The molecule has 0 saturated heterocycles. The molecule has 1 nitrogen and oxygen atoms in total. The molecule has 1 heterocycles. The molecule has 16 heavy (non-hydrogen) atoms. The van der Waals surface area contributed by atoms with Crippen molar-refractivity contribution in [3.63, 3.8) is 0 Å². The lowest BCUT2D eigenvalue weighted by atomic mass is 9.93. The summed E-state index contributed by atoms with van der Waals surface area (Å²) in [7, 11) is 0. The molecule has 0 fully saturated rings. The molecule has 1 heteroatoms. The van der Waals surface area contributed by atoms with Gasteiger partial charge in [-0.2, -0.15) is 0 Å². The molecule has 0 aliphatic carbocycles. The standard InChI is InChI=1S/C15H16O/c1-15(2)9-12-7-3-5-11-6-4-8-13(10-16-15)14(11)12/h3-8H,9-10H2,1-2H3. The van der Waals surface area contributed by atoms with Crippen molar-refractivity contribution in [2.75, 3.05) is 0 Å². The molecule has 3 rings (SSSR count). The van der Waals surface area contributed by atoms with Gasteiger partial charge in [0.15, 0.2) is 0 Å². The Labute approximate surface area is 96.0 Å². The molecule has 0 aromatic heterocycles. The fraction of sp³-hybridized carbons (Fsp3) is 0.333. The molecule has 82 valence electrons. The van der Waals surface area contributed by atoms with Gasteiger partial charge in [-0.05, 0) is 35.7 Å². The molecule has 0 atom stereocenters. The summed E-state index contributed by atoms with van der Waals surface area (Å²) in [5.41, 5.74) is 2.67. The van der Waals surface area contributed by atoms with Gasteiger partial charge < -0.3 is 4.74 Å². The summed E-state index contributed by atoms with van der Waals surface area (Å²) >= 11 is 0. The van der Waals surface area contributed by atoms with Gasteiger partial charge in [-0.1, -0.05) is 36.4 Å². The van der Waals surface area contributed by atoms with Gasteiger partial charge in [-0.3, -0.25) is 0 Å². The van der Waals surface area contributed by atoms with Crippen LogP contribution >= 0.6 is 0 Å². The van der Waals surface area contributed by atoms with Gasteiger partial charge in [0.25, 0.3) is 0 Å². The number of rotatable bonds is 0. The van der Waals surface area contributed by atoms with Gasteiger partial charge in [0.1, 0.15) is 0 Å². The molecule has 1 aliphatic rings. The molecule has 0 saturated carbocycles. The van der Waals surface area contributed by atoms with Crippen LogP contribution in [0.3, 0.4) is 0 Å². The first kappa shape index (κ1) is 9.86. The highest BCUT2D eigenvalue weighted by molar-refractivity contribution is 5.89. The molecule has 0 radical (unpaired) electrons. The molecular formula is C15H16O. The third-order valence-electron chi connectivity index (χ3n) is 3.31. The molecular weight excluding hydrogens is 196 g/mol. The second kappa shape index (κ2) is 3.33. The SMILES string of the molecule is CC1(C)Cc2cccc3cccc(c23)CO1. The summed E-state index contributed by atoms with van der Waals surface area (Å²) in [6, 6.07) is 13.0. The molecule has 0 bridgehead atoms. The number of hydrogen-bond donors (Lipinski definition) is 0. The van der Waals surface area contributed by atoms with E-state index in [-0.39, 0.29) is 5.60 Å². The van der Waals surface area contributed by atoms with Crippen LogP contribution in [0.1, 0.15) is 25.0 Å². The van der Waals surface area contributed by atoms with E-state index < -0.39 is 0 Å². The number of benzene rings is 2. The zero-order valence-corrected chi connectivity index (χ0v) is 9.79. The van der Waals surface area contributed by atoms with Crippen LogP contribution in [0.2, 0.25) is 0 Å². The van der Waals surface area contributed by atoms with Crippen LogP contribution < -0.4 is 0 Å². The van der Waals surface area contributed by atoms with E-state index >= 15 is 0 Å². The minimum atomic E-state index is -0.0622. The quantitative estimate of drug-likeness (QED) is 0.647. The van der Waals surface area contributed by atoms with Gasteiger partial charge in [-0.15, -0.1) is 0 Å². The molecule has 0 N–H and O–H groups in total. The highest BCUT2D eigenvalue weighted by Crippen LogP contribution is 2.31. The van der Waals surface area contributed by atoms with E-state index in [1.807, 2.05) is 0 Å². The maximum atomic E-state index is 5.96. The van der Waals surface area contributed by atoms with E-state index in [0.717, 1.165) is 13.0 Å². The van der Waals surface area contributed by atoms with Crippen molar-refractivity contribution >= 4 is 10.8 Å². The van der Waals surface area contributed by atoms with Crippen LogP contribution in [0.25, 0.3) is 10.8 Å². The molecule has 1 aliphatic heterocycles. The maximum Gasteiger partial charge on any atom is 0.0730 e. The number of ether oxygens (including phenoxy) is 1. The van der Waals surface area contributed by atoms with Crippen molar-refractivity contribution in [2.45, 2.75) is 32.5 Å². The zero-order chi connectivity index (χ0) is 11.2. The van der Waals surface area contributed by atoms with Gasteiger partial charge in [0.05, 0.1) is 12.2 Å². The fourth-order valence-electron chi connectivity index (χ4n) is 2.55.